The highest BCUT2D eigenvalue weighted by Crippen LogP contribution is 2.61. The second-order valence-corrected chi connectivity index (χ2v) is 10.1. The molecule has 4 saturated carbocycles. The Hall–Kier alpha value is -2.91. The molecule has 10 heteroatoms. The lowest BCUT2D eigenvalue weighted by Gasteiger charge is -2.59. The molecule has 182 valence electrons. The highest BCUT2D eigenvalue weighted by atomic mass is 19.4. The van der Waals surface area contributed by atoms with Crippen molar-refractivity contribution in [2.75, 3.05) is 17.2 Å². The molecule has 0 saturated heterocycles. The van der Waals surface area contributed by atoms with E-state index in [2.05, 4.69) is 32.5 Å². The van der Waals surface area contributed by atoms with Crippen LogP contribution < -0.4 is 15.4 Å². The average Bonchev–Trinajstić information content (AvgIpc) is 2.77. The number of pyridine rings is 1. The van der Waals surface area contributed by atoms with Gasteiger partial charge in [-0.05, 0) is 74.7 Å². The quantitative estimate of drug-likeness (QED) is 0.581. The van der Waals surface area contributed by atoms with Gasteiger partial charge in [0.2, 0.25) is 5.95 Å². The molecule has 2 heterocycles. The topological polar surface area (TPSA) is 89.0 Å². The smallest absolute Gasteiger partial charge is 0.422 e. The standard InChI is InChI=1S/C24H28F3N5O2/c1-14(23-9-15-6-16(10-23)8-17(7-15)11-23)30-22-29-5-2-18(32-22)21(33)31-19-12-28-4-3-20(19)34-13-24(25,26)27/h2-5,12,14-17H,6-11,13H2,1H3,(H,31,33)(H,29,30,32). The van der Waals surface area contributed by atoms with Crippen LogP contribution in [0.25, 0.3) is 0 Å². The third-order valence-electron chi connectivity index (χ3n) is 7.66. The van der Waals surface area contributed by atoms with Crippen molar-refractivity contribution in [3.05, 3.63) is 36.4 Å². The van der Waals surface area contributed by atoms with Crippen molar-refractivity contribution in [2.45, 2.75) is 57.7 Å². The lowest BCUT2D eigenvalue weighted by atomic mass is 9.48. The molecule has 1 amide bonds. The summed E-state index contributed by atoms with van der Waals surface area (Å²) >= 11 is 0. The van der Waals surface area contributed by atoms with Crippen LogP contribution in [0.2, 0.25) is 0 Å². The summed E-state index contributed by atoms with van der Waals surface area (Å²) < 4.78 is 42.4. The van der Waals surface area contributed by atoms with Gasteiger partial charge in [0.1, 0.15) is 17.1 Å². The van der Waals surface area contributed by atoms with Crippen LogP contribution in [0.5, 0.6) is 5.75 Å². The Kier molecular flexibility index (Phi) is 5.85. The second kappa shape index (κ2) is 8.70. The van der Waals surface area contributed by atoms with Gasteiger partial charge in [-0.1, -0.05) is 0 Å². The number of carbonyl (C=O) groups excluding carboxylic acids is 1. The Morgan fingerprint density at radius 3 is 2.47 bits per heavy atom. The van der Waals surface area contributed by atoms with E-state index in [1.54, 1.807) is 0 Å². The number of hydrogen-bond donors (Lipinski definition) is 2. The number of aromatic nitrogens is 3. The van der Waals surface area contributed by atoms with Crippen LogP contribution in [0, 0.1) is 23.2 Å². The zero-order valence-electron chi connectivity index (χ0n) is 18.9. The highest BCUT2D eigenvalue weighted by Gasteiger charge is 2.53. The first-order chi connectivity index (χ1) is 16.2. The molecule has 2 aromatic heterocycles. The average molecular weight is 476 g/mol. The minimum absolute atomic E-state index is 0.0341. The van der Waals surface area contributed by atoms with Gasteiger partial charge in [-0.3, -0.25) is 9.78 Å². The van der Waals surface area contributed by atoms with Crippen molar-refractivity contribution < 1.29 is 22.7 Å². The van der Waals surface area contributed by atoms with Crippen LogP contribution >= 0.6 is 0 Å². The summed E-state index contributed by atoms with van der Waals surface area (Å²) in [5, 5.41) is 5.98. The predicted octanol–water partition coefficient (Wildman–Crippen LogP) is 5.08. The van der Waals surface area contributed by atoms with Crippen molar-refractivity contribution in [1.29, 1.82) is 0 Å². The van der Waals surface area contributed by atoms with E-state index in [-0.39, 0.29) is 28.6 Å². The number of amides is 1. The van der Waals surface area contributed by atoms with Gasteiger partial charge in [-0.25, -0.2) is 9.97 Å². The van der Waals surface area contributed by atoms with Crippen molar-refractivity contribution in [2.24, 2.45) is 23.2 Å². The molecule has 0 aromatic carbocycles. The molecule has 1 unspecified atom stereocenters. The van der Waals surface area contributed by atoms with Crippen LogP contribution in [0.1, 0.15) is 55.9 Å². The van der Waals surface area contributed by atoms with Gasteiger partial charge in [-0.2, -0.15) is 13.2 Å². The van der Waals surface area contributed by atoms with Crippen LogP contribution in [0.15, 0.2) is 30.7 Å². The monoisotopic (exact) mass is 475 g/mol. The number of carbonyl (C=O) groups is 1. The number of rotatable bonds is 7. The fourth-order valence-electron chi connectivity index (χ4n) is 6.56. The van der Waals surface area contributed by atoms with Gasteiger partial charge in [0.25, 0.3) is 5.91 Å². The normalized spacial score (nSPS) is 28.4. The number of hydrogen-bond acceptors (Lipinski definition) is 6. The summed E-state index contributed by atoms with van der Waals surface area (Å²) in [7, 11) is 0. The van der Waals surface area contributed by atoms with E-state index >= 15 is 0 Å². The molecule has 4 aliphatic rings. The highest BCUT2D eigenvalue weighted by molar-refractivity contribution is 6.03. The third-order valence-corrected chi connectivity index (χ3v) is 7.66. The fourth-order valence-corrected chi connectivity index (χ4v) is 6.56. The summed E-state index contributed by atoms with van der Waals surface area (Å²) in [6, 6.07) is 2.91. The summed E-state index contributed by atoms with van der Waals surface area (Å²) in [6.07, 6.45) is 7.31. The zero-order valence-corrected chi connectivity index (χ0v) is 18.9. The molecular formula is C24H28F3N5O2. The van der Waals surface area contributed by atoms with Gasteiger partial charge >= 0.3 is 6.18 Å². The molecule has 2 N–H and O–H groups in total. The first-order valence-electron chi connectivity index (χ1n) is 11.7. The number of anilines is 2. The van der Waals surface area contributed by atoms with Crippen LogP contribution in [0.4, 0.5) is 24.8 Å². The maximum absolute atomic E-state index is 12.8. The van der Waals surface area contributed by atoms with Crippen molar-refractivity contribution in [3.63, 3.8) is 0 Å². The van der Waals surface area contributed by atoms with Crippen LogP contribution in [0.3, 0.4) is 0 Å². The minimum atomic E-state index is -4.49. The van der Waals surface area contributed by atoms with E-state index in [1.165, 1.54) is 69.2 Å². The van der Waals surface area contributed by atoms with Gasteiger partial charge in [-0.15, -0.1) is 0 Å². The molecule has 6 rings (SSSR count). The van der Waals surface area contributed by atoms with E-state index in [4.69, 9.17) is 4.74 Å². The lowest BCUT2D eigenvalue weighted by Crippen LogP contribution is -2.53. The number of halogens is 3. The first kappa shape index (κ1) is 22.9. The molecular weight excluding hydrogens is 447 g/mol. The van der Waals surface area contributed by atoms with E-state index in [0.29, 0.717) is 5.95 Å². The molecule has 4 bridgehead atoms. The summed E-state index contributed by atoms with van der Waals surface area (Å²) in [4.78, 5) is 25.3. The predicted molar refractivity (Wildman–Crippen MR) is 119 cm³/mol. The first-order valence-corrected chi connectivity index (χ1v) is 11.7. The second-order valence-electron chi connectivity index (χ2n) is 10.1. The fraction of sp³-hybridized carbons (Fsp3) is 0.583. The molecule has 1 atom stereocenters. The Morgan fingerprint density at radius 2 is 1.82 bits per heavy atom. The van der Waals surface area contributed by atoms with Crippen molar-refractivity contribution >= 4 is 17.5 Å². The van der Waals surface area contributed by atoms with Crippen LogP contribution in [-0.2, 0) is 0 Å². The molecule has 2 aromatic rings. The number of ether oxygens (including phenoxy) is 1. The molecule has 34 heavy (non-hydrogen) atoms. The summed E-state index contributed by atoms with van der Waals surface area (Å²) in [5.41, 5.74) is 0.379. The summed E-state index contributed by atoms with van der Waals surface area (Å²) in [5.74, 6) is 2.13. The SMILES string of the molecule is CC(Nc1nccc(C(=O)Nc2cnccc2OCC(F)(F)F)n1)C12CC3CC(CC(C3)C1)C2. The number of nitrogens with one attached hydrogen (secondary N) is 2. The number of alkyl halides is 3. The molecule has 0 aliphatic heterocycles. The largest absolute Gasteiger partial charge is 0.482 e. The maximum atomic E-state index is 12.8. The maximum Gasteiger partial charge on any atom is 0.422 e. The Bertz CT molecular complexity index is 1030. The lowest BCUT2D eigenvalue weighted by molar-refractivity contribution is -0.153. The molecule has 4 aliphatic carbocycles. The third kappa shape index (κ3) is 4.81. The minimum Gasteiger partial charge on any atom is -0.482 e. The summed E-state index contributed by atoms with van der Waals surface area (Å²) in [6.45, 7) is 0.715. The Morgan fingerprint density at radius 1 is 1.15 bits per heavy atom. The van der Waals surface area contributed by atoms with Crippen molar-refractivity contribution in [3.8, 4) is 5.75 Å². The van der Waals surface area contributed by atoms with Gasteiger partial charge in [0, 0.05) is 24.5 Å². The molecule has 0 spiro atoms. The molecule has 7 nitrogen and oxygen atoms in total. The van der Waals surface area contributed by atoms with E-state index in [1.807, 2.05) is 0 Å². The van der Waals surface area contributed by atoms with Gasteiger partial charge in [0.05, 0.1) is 6.20 Å². The van der Waals surface area contributed by atoms with Gasteiger partial charge < -0.3 is 15.4 Å². The zero-order chi connectivity index (χ0) is 23.9. The Balaban J connectivity index is 1.26. The molecule has 0 radical (unpaired) electrons. The van der Waals surface area contributed by atoms with E-state index < -0.39 is 18.7 Å². The van der Waals surface area contributed by atoms with Crippen molar-refractivity contribution in [1.82, 2.24) is 15.0 Å². The van der Waals surface area contributed by atoms with E-state index in [9.17, 15) is 18.0 Å². The Labute approximate surface area is 195 Å². The molecule has 4 fully saturated rings. The van der Waals surface area contributed by atoms with E-state index in [0.717, 1.165) is 17.8 Å². The van der Waals surface area contributed by atoms with Gasteiger partial charge in [0.15, 0.2) is 6.61 Å². The van der Waals surface area contributed by atoms with Crippen LogP contribution in [-0.4, -0.2) is 39.7 Å². The number of nitrogens with zero attached hydrogens (tertiary/aromatic N) is 3.